The highest BCUT2D eigenvalue weighted by Crippen LogP contribution is 2.06. The lowest BCUT2D eigenvalue weighted by Crippen LogP contribution is -2.37. The lowest BCUT2D eigenvalue weighted by Gasteiger charge is -2.19. The summed E-state index contributed by atoms with van der Waals surface area (Å²) >= 11 is 0. The molecule has 3 N–H and O–H groups in total. The Kier molecular flexibility index (Phi) is 5.28. The van der Waals surface area contributed by atoms with Gasteiger partial charge in [-0.15, -0.1) is 0 Å². The summed E-state index contributed by atoms with van der Waals surface area (Å²) in [6.07, 6.45) is -0.0626. The Morgan fingerprint density at radius 3 is 2.33 bits per heavy atom. The minimum absolute atomic E-state index is 0.0824. The van der Waals surface area contributed by atoms with Crippen molar-refractivity contribution >= 4 is 11.9 Å². The van der Waals surface area contributed by atoms with Gasteiger partial charge >= 0.3 is 6.09 Å². The van der Waals surface area contributed by atoms with Gasteiger partial charge in [0, 0.05) is 6.54 Å². The quantitative estimate of drug-likeness (QED) is 0.729. The number of alkyl carbamates (subject to hydrolysis) is 1. The average molecular weight is 216 g/mol. The summed E-state index contributed by atoms with van der Waals surface area (Å²) in [5.74, 6) is -0.0824. The summed E-state index contributed by atoms with van der Waals surface area (Å²) in [7, 11) is 0. The van der Waals surface area contributed by atoms with Crippen LogP contribution in [0.25, 0.3) is 0 Å². The SMILES string of the molecule is CC(=O)[C@@H](N)CCNC(=O)OC(C)(C)C. The van der Waals surface area contributed by atoms with Gasteiger partial charge in [-0.05, 0) is 34.1 Å². The molecular weight excluding hydrogens is 196 g/mol. The number of ketones is 1. The van der Waals surface area contributed by atoms with Crippen LogP contribution in [0.1, 0.15) is 34.1 Å². The first-order valence-electron chi connectivity index (χ1n) is 4.95. The van der Waals surface area contributed by atoms with Crippen LogP contribution in [0.4, 0.5) is 4.79 Å². The van der Waals surface area contributed by atoms with Crippen molar-refractivity contribution in [2.75, 3.05) is 6.54 Å². The minimum Gasteiger partial charge on any atom is -0.444 e. The van der Waals surface area contributed by atoms with Gasteiger partial charge in [-0.3, -0.25) is 4.79 Å². The molecule has 0 saturated heterocycles. The predicted molar refractivity (Wildman–Crippen MR) is 57.5 cm³/mol. The zero-order valence-corrected chi connectivity index (χ0v) is 9.79. The molecule has 0 radical (unpaired) electrons. The number of nitrogens with two attached hydrogens (primary N) is 1. The Morgan fingerprint density at radius 2 is 1.93 bits per heavy atom. The molecule has 0 aliphatic rings. The van der Waals surface area contributed by atoms with Gasteiger partial charge in [0.15, 0.2) is 0 Å². The van der Waals surface area contributed by atoms with Gasteiger partial charge in [-0.25, -0.2) is 4.79 Å². The molecule has 5 heteroatoms. The van der Waals surface area contributed by atoms with E-state index in [1.165, 1.54) is 6.92 Å². The van der Waals surface area contributed by atoms with E-state index in [2.05, 4.69) is 5.32 Å². The molecule has 0 aromatic rings. The van der Waals surface area contributed by atoms with Gasteiger partial charge in [-0.1, -0.05) is 0 Å². The predicted octanol–water partition coefficient (Wildman–Crippen LogP) is 0.817. The van der Waals surface area contributed by atoms with Crippen molar-refractivity contribution in [3.05, 3.63) is 0 Å². The summed E-state index contributed by atoms with van der Waals surface area (Å²) in [6.45, 7) is 7.13. The van der Waals surface area contributed by atoms with Gasteiger partial charge in [-0.2, -0.15) is 0 Å². The zero-order valence-electron chi connectivity index (χ0n) is 9.79. The second-order valence-corrected chi connectivity index (χ2v) is 4.43. The number of ether oxygens (including phenoxy) is 1. The van der Waals surface area contributed by atoms with Crippen LogP contribution in [0, 0.1) is 0 Å². The smallest absolute Gasteiger partial charge is 0.407 e. The molecule has 15 heavy (non-hydrogen) atoms. The Labute approximate surface area is 90.4 Å². The molecule has 0 aromatic carbocycles. The van der Waals surface area contributed by atoms with E-state index in [1.807, 2.05) is 0 Å². The molecule has 0 heterocycles. The number of carbonyl (C=O) groups is 2. The number of rotatable bonds is 4. The molecule has 0 unspecified atom stereocenters. The first-order chi connectivity index (χ1) is 6.72. The average Bonchev–Trinajstić information content (AvgIpc) is 2.00. The summed E-state index contributed by atoms with van der Waals surface area (Å²) in [5.41, 5.74) is 4.98. The van der Waals surface area contributed by atoms with Crippen LogP contribution < -0.4 is 11.1 Å². The van der Waals surface area contributed by atoms with Crippen LogP contribution in [-0.2, 0) is 9.53 Å². The van der Waals surface area contributed by atoms with Gasteiger partial charge in [0.05, 0.1) is 6.04 Å². The van der Waals surface area contributed by atoms with Crippen LogP contribution in [0.2, 0.25) is 0 Å². The standard InChI is InChI=1S/C10H20N2O3/c1-7(13)8(11)5-6-12-9(14)15-10(2,3)4/h8H,5-6,11H2,1-4H3,(H,12,14)/t8-/m0/s1. The van der Waals surface area contributed by atoms with Crippen molar-refractivity contribution in [3.63, 3.8) is 0 Å². The van der Waals surface area contributed by atoms with E-state index >= 15 is 0 Å². The first kappa shape index (κ1) is 13.9. The van der Waals surface area contributed by atoms with Crippen molar-refractivity contribution in [1.82, 2.24) is 5.32 Å². The van der Waals surface area contributed by atoms with Crippen molar-refractivity contribution < 1.29 is 14.3 Å². The van der Waals surface area contributed by atoms with Crippen molar-refractivity contribution in [2.24, 2.45) is 5.73 Å². The number of carbonyl (C=O) groups excluding carboxylic acids is 2. The molecule has 0 aromatic heterocycles. The fourth-order valence-corrected chi connectivity index (χ4v) is 0.847. The molecule has 0 fully saturated rings. The molecule has 0 aliphatic heterocycles. The van der Waals surface area contributed by atoms with Gasteiger partial charge in [0.25, 0.3) is 0 Å². The summed E-state index contributed by atoms with van der Waals surface area (Å²) in [6, 6.07) is -0.514. The minimum atomic E-state index is -0.514. The second kappa shape index (κ2) is 5.70. The molecule has 0 aliphatic carbocycles. The molecule has 1 amide bonds. The maximum atomic E-state index is 11.2. The van der Waals surface area contributed by atoms with E-state index in [-0.39, 0.29) is 5.78 Å². The van der Waals surface area contributed by atoms with E-state index in [9.17, 15) is 9.59 Å². The fourth-order valence-electron chi connectivity index (χ4n) is 0.847. The van der Waals surface area contributed by atoms with E-state index in [0.717, 1.165) is 0 Å². The first-order valence-corrected chi connectivity index (χ1v) is 4.95. The monoisotopic (exact) mass is 216 g/mol. The molecule has 0 saturated carbocycles. The molecule has 0 spiro atoms. The Morgan fingerprint density at radius 1 is 1.40 bits per heavy atom. The molecule has 5 nitrogen and oxygen atoms in total. The van der Waals surface area contributed by atoms with E-state index < -0.39 is 17.7 Å². The Hall–Kier alpha value is -1.10. The van der Waals surface area contributed by atoms with Gasteiger partial charge in [0.2, 0.25) is 0 Å². The highest BCUT2D eigenvalue weighted by molar-refractivity contribution is 5.81. The normalized spacial score (nSPS) is 13.1. The third-order valence-electron chi connectivity index (χ3n) is 1.65. The van der Waals surface area contributed by atoms with Crippen molar-refractivity contribution in [1.29, 1.82) is 0 Å². The van der Waals surface area contributed by atoms with Crippen molar-refractivity contribution in [2.45, 2.75) is 45.8 Å². The summed E-state index contributed by atoms with van der Waals surface area (Å²) in [4.78, 5) is 21.9. The van der Waals surface area contributed by atoms with Crippen LogP contribution in [0.15, 0.2) is 0 Å². The molecule has 1 atom stereocenters. The van der Waals surface area contributed by atoms with Gasteiger partial charge in [0.1, 0.15) is 11.4 Å². The largest absolute Gasteiger partial charge is 0.444 e. The maximum absolute atomic E-state index is 11.2. The van der Waals surface area contributed by atoms with Crippen LogP contribution in [0.5, 0.6) is 0 Å². The van der Waals surface area contributed by atoms with Gasteiger partial charge < -0.3 is 15.8 Å². The number of nitrogens with one attached hydrogen (secondary N) is 1. The van der Waals surface area contributed by atoms with E-state index in [4.69, 9.17) is 10.5 Å². The third kappa shape index (κ3) is 7.93. The number of Topliss-reactive ketones (excluding diaryl/α,β-unsaturated/α-hetero) is 1. The summed E-state index contributed by atoms with van der Waals surface area (Å²) < 4.78 is 5.00. The maximum Gasteiger partial charge on any atom is 0.407 e. The second-order valence-electron chi connectivity index (χ2n) is 4.43. The fraction of sp³-hybridized carbons (Fsp3) is 0.800. The third-order valence-corrected chi connectivity index (χ3v) is 1.65. The van der Waals surface area contributed by atoms with E-state index in [0.29, 0.717) is 13.0 Å². The highest BCUT2D eigenvalue weighted by atomic mass is 16.6. The van der Waals surface area contributed by atoms with Crippen LogP contribution in [0.3, 0.4) is 0 Å². The topological polar surface area (TPSA) is 81.4 Å². The summed E-state index contributed by atoms with van der Waals surface area (Å²) in [5, 5.41) is 2.53. The number of hydrogen-bond donors (Lipinski definition) is 2. The van der Waals surface area contributed by atoms with Crippen LogP contribution in [-0.4, -0.2) is 30.1 Å². The van der Waals surface area contributed by atoms with E-state index in [1.54, 1.807) is 20.8 Å². The lowest BCUT2D eigenvalue weighted by molar-refractivity contribution is -0.118. The molecule has 0 bridgehead atoms. The molecule has 0 rings (SSSR count). The van der Waals surface area contributed by atoms with Crippen LogP contribution >= 0.6 is 0 Å². The highest BCUT2D eigenvalue weighted by Gasteiger charge is 2.16. The molecular formula is C10H20N2O3. The molecule has 88 valence electrons. The Bertz CT molecular complexity index is 233. The number of amides is 1. The zero-order chi connectivity index (χ0) is 12.1. The van der Waals surface area contributed by atoms with Crippen molar-refractivity contribution in [3.8, 4) is 0 Å². The number of hydrogen-bond acceptors (Lipinski definition) is 4. The Balaban J connectivity index is 3.69. The lowest BCUT2D eigenvalue weighted by atomic mass is 10.1.